The normalized spacial score (nSPS) is 16.0. The fourth-order valence-corrected chi connectivity index (χ4v) is 4.23. The maximum absolute atomic E-state index is 12.5. The zero-order valence-corrected chi connectivity index (χ0v) is 17.0. The third kappa shape index (κ3) is 4.42. The minimum atomic E-state index is -0.302. The predicted octanol–water partition coefficient (Wildman–Crippen LogP) is 2.82. The second kappa shape index (κ2) is 8.64. The lowest BCUT2D eigenvalue weighted by Gasteiger charge is -2.30. The van der Waals surface area contributed by atoms with E-state index in [0.717, 1.165) is 24.3 Å². The van der Waals surface area contributed by atoms with Crippen LogP contribution in [0.4, 0.5) is 10.5 Å². The Bertz CT molecular complexity index is 894. The van der Waals surface area contributed by atoms with Crippen LogP contribution in [-0.2, 0) is 0 Å². The number of amides is 3. The van der Waals surface area contributed by atoms with E-state index < -0.39 is 0 Å². The van der Waals surface area contributed by atoms with Gasteiger partial charge < -0.3 is 25.0 Å². The van der Waals surface area contributed by atoms with Gasteiger partial charge in [0.1, 0.15) is 5.01 Å². The summed E-state index contributed by atoms with van der Waals surface area (Å²) in [5.41, 5.74) is 0.613. The van der Waals surface area contributed by atoms with Crippen LogP contribution in [0.2, 0.25) is 0 Å². The van der Waals surface area contributed by atoms with Crippen LogP contribution >= 0.6 is 11.3 Å². The van der Waals surface area contributed by atoms with E-state index >= 15 is 0 Å². The summed E-state index contributed by atoms with van der Waals surface area (Å²) in [5.74, 6) is 1.19. The van der Waals surface area contributed by atoms with Gasteiger partial charge in [0, 0.05) is 37.3 Å². The molecule has 0 saturated carbocycles. The van der Waals surface area contributed by atoms with Crippen molar-refractivity contribution in [1.82, 2.24) is 20.4 Å². The molecule has 3 heterocycles. The number of urea groups is 1. The van der Waals surface area contributed by atoms with E-state index in [9.17, 15) is 9.59 Å². The number of aromatic nitrogens is 2. The number of benzene rings is 1. The highest BCUT2D eigenvalue weighted by Crippen LogP contribution is 2.35. The Morgan fingerprint density at radius 2 is 2.00 bits per heavy atom. The number of piperidine rings is 1. The Balaban J connectivity index is 1.33. The molecule has 0 atom stereocenters. The summed E-state index contributed by atoms with van der Waals surface area (Å²) >= 11 is 1.31. The molecule has 29 heavy (non-hydrogen) atoms. The van der Waals surface area contributed by atoms with Crippen LogP contribution < -0.4 is 20.1 Å². The summed E-state index contributed by atoms with van der Waals surface area (Å²) in [6.45, 7) is 4.27. The van der Waals surface area contributed by atoms with Gasteiger partial charge in [-0.15, -0.1) is 10.2 Å². The molecule has 154 valence electrons. The highest BCUT2D eigenvalue weighted by atomic mass is 32.1. The zero-order chi connectivity index (χ0) is 20.2. The van der Waals surface area contributed by atoms with Crippen LogP contribution in [0.15, 0.2) is 18.2 Å². The molecule has 4 rings (SSSR count). The van der Waals surface area contributed by atoms with Gasteiger partial charge in [-0.1, -0.05) is 18.3 Å². The van der Waals surface area contributed by atoms with E-state index in [1.165, 1.54) is 11.3 Å². The van der Waals surface area contributed by atoms with E-state index in [2.05, 4.69) is 20.8 Å². The Morgan fingerprint density at radius 3 is 2.79 bits per heavy atom. The molecule has 2 aromatic rings. The minimum Gasteiger partial charge on any atom is -0.454 e. The predicted molar refractivity (Wildman–Crippen MR) is 108 cm³/mol. The number of hydrogen-bond donors (Lipinski definition) is 2. The van der Waals surface area contributed by atoms with Crippen LogP contribution in [0.3, 0.4) is 0 Å². The summed E-state index contributed by atoms with van der Waals surface area (Å²) in [6, 6.07) is 5.23. The first-order valence-corrected chi connectivity index (χ1v) is 10.5. The summed E-state index contributed by atoms with van der Waals surface area (Å²) in [5, 5.41) is 15.2. The number of nitrogens with zero attached hydrogens (tertiary/aromatic N) is 3. The first kappa shape index (κ1) is 19.4. The summed E-state index contributed by atoms with van der Waals surface area (Å²) in [4.78, 5) is 26.4. The standard InChI is InChI=1S/C19H23N5O4S/c1-2-7-20-19(26)24-8-5-12(6-9-24)17-22-23-18(29-17)16(25)21-13-3-4-14-15(10-13)28-11-27-14/h3-4,10,12H,2,5-9,11H2,1H3,(H,20,26)(H,21,25). The summed E-state index contributed by atoms with van der Waals surface area (Å²) in [6.07, 6.45) is 2.56. The fourth-order valence-electron chi connectivity index (χ4n) is 3.32. The maximum Gasteiger partial charge on any atom is 0.317 e. The molecule has 10 heteroatoms. The Labute approximate surface area is 172 Å². The Morgan fingerprint density at radius 1 is 1.21 bits per heavy atom. The molecular weight excluding hydrogens is 394 g/mol. The van der Waals surface area contributed by atoms with Crippen LogP contribution in [-0.4, -0.2) is 53.5 Å². The lowest BCUT2D eigenvalue weighted by atomic mass is 9.98. The van der Waals surface area contributed by atoms with Gasteiger partial charge in [-0.3, -0.25) is 4.79 Å². The third-order valence-electron chi connectivity index (χ3n) is 4.92. The molecule has 0 aliphatic carbocycles. The lowest BCUT2D eigenvalue weighted by Crippen LogP contribution is -2.44. The molecule has 1 aromatic heterocycles. The SMILES string of the molecule is CCCNC(=O)N1CCC(c2nnc(C(=O)Nc3ccc4c(c3)OCO4)s2)CC1. The summed E-state index contributed by atoms with van der Waals surface area (Å²) in [7, 11) is 0. The van der Waals surface area contributed by atoms with Gasteiger partial charge in [0.2, 0.25) is 11.8 Å². The van der Waals surface area contributed by atoms with Gasteiger partial charge in [0.25, 0.3) is 5.91 Å². The smallest absolute Gasteiger partial charge is 0.317 e. The second-order valence-electron chi connectivity index (χ2n) is 6.96. The van der Waals surface area contributed by atoms with E-state index in [1.54, 1.807) is 18.2 Å². The lowest BCUT2D eigenvalue weighted by molar-refractivity contribution is 0.102. The van der Waals surface area contributed by atoms with Crippen LogP contribution in [0, 0.1) is 0 Å². The van der Waals surface area contributed by atoms with E-state index in [1.807, 2.05) is 11.8 Å². The van der Waals surface area contributed by atoms with Crippen LogP contribution in [0.25, 0.3) is 0 Å². The van der Waals surface area contributed by atoms with Crippen molar-refractivity contribution in [3.63, 3.8) is 0 Å². The molecule has 2 N–H and O–H groups in total. The van der Waals surface area contributed by atoms with Gasteiger partial charge >= 0.3 is 6.03 Å². The highest BCUT2D eigenvalue weighted by Gasteiger charge is 2.27. The molecule has 2 aliphatic rings. The molecule has 0 unspecified atom stereocenters. The molecule has 0 bridgehead atoms. The topological polar surface area (TPSA) is 106 Å². The molecule has 9 nitrogen and oxygen atoms in total. The molecule has 1 aromatic carbocycles. The Kier molecular flexibility index (Phi) is 5.79. The first-order valence-electron chi connectivity index (χ1n) is 9.71. The van der Waals surface area contributed by atoms with Crippen molar-refractivity contribution in [1.29, 1.82) is 0 Å². The quantitative estimate of drug-likeness (QED) is 0.775. The number of carbonyl (C=O) groups excluding carboxylic acids is 2. The minimum absolute atomic E-state index is 0.00800. The van der Waals surface area contributed by atoms with Crippen LogP contribution in [0.1, 0.15) is 46.9 Å². The van der Waals surface area contributed by atoms with Gasteiger partial charge in [-0.05, 0) is 31.4 Å². The Hall–Kier alpha value is -2.88. The molecule has 1 saturated heterocycles. The number of nitrogens with one attached hydrogen (secondary N) is 2. The van der Waals surface area contributed by atoms with Crippen molar-refractivity contribution in [3.05, 3.63) is 28.2 Å². The van der Waals surface area contributed by atoms with E-state index in [0.29, 0.717) is 41.8 Å². The maximum atomic E-state index is 12.5. The largest absolute Gasteiger partial charge is 0.454 e. The van der Waals surface area contributed by atoms with E-state index in [-0.39, 0.29) is 24.6 Å². The molecule has 1 fully saturated rings. The monoisotopic (exact) mass is 417 g/mol. The van der Waals surface area contributed by atoms with Crippen molar-refractivity contribution in [2.24, 2.45) is 0 Å². The average molecular weight is 417 g/mol. The third-order valence-corrected chi connectivity index (χ3v) is 6.01. The molecule has 2 aliphatic heterocycles. The fraction of sp³-hybridized carbons (Fsp3) is 0.474. The number of rotatable bonds is 5. The zero-order valence-electron chi connectivity index (χ0n) is 16.1. The van der Waals surface area contributed by atoms with Gasteiger partial charge in [0.15, 0.2) is 11.5 Å². The number of anilines is 1. The number of fused-ring (bicyclic) bond motifs is 1. The first-order chi connectivity index (χ1) is 14.1. The van der Waals surface area contributed by atoms with Crippen molar-refractivity contribution >= 4 is 29.0 Å². The van der Waals surface area contributed by atoms with Crippen molar-refractivity contribution < 1.29 is 19.1 Å². The van der Waals surface area contributed by atoms with Gasteiger partial charge in [-0.25, -0.2) is 4.79 Å². The number of ether oxygens (including phenoxy) is 2. The number of hydrogen-bond acceptors (Lipinski definition) is 7. The molecular formula is C19H23N5O4S. The van der Waals surface area contributed by atoms with E-state index in [4.69, 9.17) is 9.47 Å². The van der Waals surface area contributed by atoms with Crippen molar-refractivity contribution in [3.8, 4) is 11.5 Å². The molecule has 0 spiro atoms. The van der Waals surface area contributed by atoms with Gasteiger partial charge in [0.05, 0.1) is 0 Å². The number of carbonyl (C=O) groups is 2. The second-order valence-corrected chi connectivity index (χ2v) is 7.97. The average Bonchev–Trinajstić information content (AvgIpc) is 3.41. The van der Waals surface area contributed by atoms with Gasteiger partial charge in [-0.2, -0.15) is 0 Å². The van der Waals surface area contributed by atoms with Crippen LogP contribution in [0.5, 0.6) is 11.5 Å². The van der Waals surface area contributed by atoms with Crippen molar-refractivity contribution in [2.45, 2.75) is 32.1 Å². The molecule has 3 amide bonds. The highest BCUT2D eigenvalue weighted by molar-refractivity contribution is 7.13. The van der Waals surface area contributed by atoms with Crippen molar-refractivity contribution in [2.75, 3.05) is 31.7 Å². The molecule has 0 radical (unpaired) electrons. The number of likely N-dealkylation sites (tertiary alicyclic amines) is 1. The summed E-state index contributed by atoms with van der Waals surface area (Å²) < 4.78 is 10.6.